The average molecular weight is 360 g/mol. The number of carbonyl (C=O) groups is 1. The van der Waals surface area contributed by atoms with E-state index in [1.165, 1.54) is 7.11 Å². The van der Waals surface area contributed by atoms with Crippen molar-refractivity contribution < 1.29 is 23.7 Å². The molecule has 0 saturated carbocycles. The predicted molar refractivity (Wildman–Crippen MR) is 93.9 cm³/mol. The van der Waals surface area contributed by atoms with E-state index >= 15 is 0 Å². The molecule has 7 nitrogen and oxygen atoms in total. The van der Waals surface area contributed by atoms with Gasteiger partial charge in [0.2, 0.25) is 5.75 Å². The number of carbonyl (C=O) groups excluding carboxylic acids is 1. The second kappa shape index (κ2) is 10.8. The molecule has 0 heterocycles. The average Bonchev–Trinajstić information content (AvgIpc) is 2.66. The monoisotopic (exact) mass is 360 g/mol. The normalized spacial score (nSPS) is 11.2. The molecule has 0 aromatic heterocycles. The summed E-state index contributed by atoms with van der Waals surface area (Å²) in [6, 6.07) is 7.43. The Kier molecular flexibility index (Phi) is 8.80. The van der Waals surface area contributed by atoms with E-state index < -0.39 is 17.8 Å². The van der Waals surface area contributed by atoms with Gasteiger partial charge in [0.05, 0.1) is 46.0 Å². The Morgan fingerprint density at radius 1 is 1.08 bits per heavy atom. The van der Waals surface area contributed by atoms with Crippen LogP contribution in [-0.4, -0.2) is 33.9 Å². The molecule has 1 atom stereocenters. The highest BCUT2D eigenvalue weighted by Crippen LogP contribution is 2.38. The molecule has 26 heavy (non-hydrogen) atoms. The molecule has 7 heteroatoms. The van der Waals surface area contributed by atoms with Crippen LogP contribution in [0.3, 0.4) is 0 Å². The van der Waals surface area contributed by atoms with E-state index in [-0.39, 0.29) is 6.61 Å². The van der Waals surface area contributed by atoms with Crippen molar-refractivity contribution in [3.05, 3.63) is 17.7 Å². The van der Waals surface area contributed by atoms with Gasteiger partial charge in [-0.2, -0.15) is 10.5 Å². The standard InChI is InChI=1S/C19H24N2O5/c1-5-26-19(22)15(14(11-20)12-21)8-6-7-13-9-16(23-2)18(25-4)17(10-13)24-3/h9-10,14-15H,5-8H2,1-4H3. The summed E-state index contributed by atoms with van der Waals surface area (Å²) in [7, 11) is 4.62. The summed E-state index contributed by atoms with van der Waals surface area (Å²) >= 11 is 0. The van der Waals surface area contributed by atoms with Crippen molar-refractivity contribution in [1.29, 1.82) is 10.5 Å². The van der Waals surface area contributed by atoms with Crippen molar-refractivity contribution in [2.24, 2.45) is 11.8 Å². The van der Waals surface area contributed by atoms with Gasteiger partial charge in [0.1, 0.15) is 5.92 Å². The van der Waals surface area contributed by atoms with Crippen LogP contribution in [0.25, 0.3) is 0 Å². The number of methoxy groups -OCH3 is 3. The van der Waals surface area contributed by atoms with Crippen molar-refractivity contribution in [2.75, 3.05) is 27.9 Å². The molecular weight excluding hydrogens is 336 g/mol. The third-order valence-corrected chi connectivity index (χ3v) is 3.97. The van der Waals surface area contributed by atoms with Gasteiger partial charge in [0, 0.05) is 0 Å². The van der Waals surface area contributed by atoms with Crippen LogP contribution >= 0.6 is 0 Å². The molecule has 0 spiro atoms. The van der Waals surface area contributed by atoms with E-state index in [1.54, 1.807) is 21.1 Å². The maximum Gasteiger partial charge on any atom is 0.311 e. The molecule has 1 rings (SSSR count). The smallest absolute Gasteiger partial charge is 0.311 e. The molecule has 0 fully saturated rings. The summed E-state index contributed by atoms with van der Waals surface area (Å²) in [6.45, 7) is 1.91. The second-order valence-corrected chi connectivity index (χ2v) is 5.52. The largest absolute Gasteiger partial charge is 0.493 e. The molecule has 1 aromatic rings. The highest BCUT2D eigenvalue weighted by Gasteiger charge is 2.29. The molecule has 0 bridgehead atoms. The Hall–Kier alpha value is -2.93. The number of aryl methyl sites for hydroxylation is 1. The van der Waals surface area contributed by atoms with Gasteiger partial charge in [-0.05, 0) is 43.9 Å². The Labute approximate surface area is 154 Å². The molecular formula is C19H24N2O5. The minimum Gasteiger partial charge on any atom is -0.493 e. The maximum atomic E-state index is 12.0. The van der Waals surface area contributed by atoms with Gasteiger partial charge in [-0.15, -0.1) is 0 Å². The molecule has 1 unspecified atom stereocenters. The van der Waals surface area contributed by atoms with E-state index in [0.29, 0.717) is 36.5 Å². The first-order valence-electron chi connectivity index (χ1n) is 8.30. The zero-order chi connectivity index (χ0) is 19.5. The lowest BCUT2D eigenvalue weighted by Crippen LogP contribution is -2.24. The number of esters is 1. The van der Waals surface area contributed by atoms with Gasteiger partial charge < -0.3 is 18.9 Å². The number of hydrogen-bond acceptors (Lipinski definition) is 7. The zero-order valence-corrected chi connectivity index (χ0v) is 15.6. The van der Waals surface area contributed by atoms with Crippen LogP contribution in [0.15, 0.2) is 12.1 Å². The number of benzene rings is 1. The Bertz CT molecular complexity index is 651. The van der Waals surface area contributed by atoms with Gasteiger partial charge in [-0.3, -0.25) is 4.79 Å². The minimum atomic E-state index is -1.02. The van der Waals surface area contributed by atoms with Crippen LogP contribution < -0.4 is 14.2 Å². The lowest BCUT2D eigenvalue weighted by molar-refractivity contribution is -0.149. The van der Waals surface area contributed by atoms with Crippen LogP contribution in [0.1, 0.15) is 25.3 Å². The molecule has 140 valence electrons. The zero-order valence-electron chi connectivity index (χ0n) is 15.6. The minimum absolute atomic E-state index is 0.214. The lowest BCUT2D eigenvalue weighted by Gasteiger charge is -2.17. The first-order chi connectivity index (χ1) is 12.6. The van der Waals surface area contributed by atoms with E-state index in [4.69, 9.17) is 29.5 Å². The third-order valence-electron chi connectivity index (χ3n) is 3.97. The first kappa shape index (κ1) is 21.1. The fraction of sp³-hybridized carbons (Fsp3) is 0.526. The summed E-state index contributed by atoms with van der Waals surface area (Å²) in [4.78, 5) is 12.0. The van der Waals surface area contributed by atoms with Gasteiger partial charge in [-0.25, -0.2) is 0 Å². The SMILES string of the molecule is CCOC(=O)C(CCCc1cc(OC)c(OC)c(OC)c1)C(C#N)C#N. The molecule has 0 aliphatic carbocycles. The molecule has 0 amide bonds. The van der Waals surface area contributed by atoms with Crippen molar-refractivity contribution in [3.8, 4) is 29.4 Å². The number of rotatable bonds is 10. The first-order valence-corrected chi connectivity index (χ1v) is 8.30. The third kappa shape index (κ3) is 5.29. The fourth-order valence-corrected chi connectivity index (χ4v) is 2.68. The lowest BCUT2D eigenvalue weighted by atomic mass is 9.89. The molecule has 0 N–H and O–H groups in total. The van der Waals surface area contributed by atoms with Crippen LogP contribution in [0.4, 0.5) is 0 Å². The van der Waals surface area contributed by atoms with Crippen molar-refractivity contribution in [2.45, 2.75) is 26.2 Å². The summed E-state index contributed by atoms with van der Waals surface area (Å²) < 4.78 is 20.9. The second-order valence-electron chi connectivity index (χ2n) is 5.52. The Morgan fingerprint density at radius 3 is 2.08 bits per heavy atom. The summed E-state index contributed by atoms with van der Waals surface area (Å²) in [5.74, 6) is -0.671. The number of hydrogen-bond donors (Lipinski definition) is 0. The molecule has 0 saturated heterocycles. The van der Waals surface area contributed by atoms with Crippen molar-refractivity contribution in [3.63, 3.8) is 0 Å². The van der Waals surface area contributed by atoms with Gasteiger partial charge >= 0.3 is 5.97 Å². The van der Waals surface area contributed by atoms with Gasteiger partial charge in [-0.1, -0.05) is 0 Å². The molecule has 0 aliphatic rings. The van der Waals surface area contributed by atoms with E-state index in [9.17, 15) is 4.79 Å². The summed E-state index contributed by atoms with van der Waals surface area (Å²) in [5.41, 5.74) is 0.938. The number of ether oxygens (including phenoxy) is 4. The summed E-state index contributed by atoms with van der Waals surface area (Å²) in [5, 5.41) is 18.2. The van der Waals surface area contributed by atoms with E-state index in [2.05, 4.69) is 0 Å². The van der Waals surface area contributed by atoms with E-state index in [1.807, 2.05) is 24.3 Å². The molecule has 0 radical (unpaired) electrons. The van der Waals surface area contributed by atoms with Crippen LogP contribution in [-0.2, 0) is 16.0 Å². The van der Waals surface area contributed by atoms with Crippen LogP contribution in [0.2, 0.25) is 0 Å². The van der Waals surface area contributed by atoms with Gasteiger partial charge in [0.15, 0.2) is 11.5 Å². The number of nitrogens with zero attached hydrogens (tertiary/aromatic N) is 2. The summed E-state index contributed by atoms with van der Waals surface area (Å²) in [6.07, 6.45) is 1.60. The highest BCUT2D eigenvalue weighted by molar-refractivity contribution is 5.73. The predicted octanol–water partition coefficient (Wildman–Crippen LogP) is 2.88. The Balaban J connectivity index is 2.88. The highest BCUT2D eigenvalue weighted by atomic mass is 16.5. The van der Waals surface area contributed by atoms with Crippen molar-refractivity contribution in [1.82, 2.24) is 0 Å². The fourth-order valence-electron chi connectivity index (χ4n) is 2.68. The number of nitriles is 2. The topological polar surface area (TPSA) is 102 Å². The molecule has 1 aromatic carbocycles. The van der Waals surface area contributed by atoms with E-state index in [0.717, 1.165) is 5.56 Å². The quantitative estimate of drug-likeness (QED) is 0.591. The molecule has 0 aliphatic heterocycles. The van der Waals surface area contributed by atoms with Crippen LogP contribution in [0.5, 0.6) is 17.2 Å². The van der Waals surface area contributed by atoms with Crippen LogP contribution in [0, 0.1) is 34.5 Å². The Morgan fingerprint density at radius 2 is 1.65 bits per heavy atom. The maximum absolute atomic E-state index is 12.0. The van der Waals surface area contributed by atoms with Crippen molar-refractivity contribution >= 4 is 5.97 Å². The van der Waals surface area contributed by atoms with Gasteiger partial charge in [0.25, 0.3) is 0 Å².